The van der Waals surface area contributed by atoms with Crippen LogP contribution in [0.4, 0.5) is 0 Å². The first-order chi connectivity index (χ1) is 6.27. The van der Waals surface area contributed by atoms with Gasteiger partial charge in [-0.1, -0.05) is 26.2 Å². The van der Waals surface area contributed by atoms with Gasteiger partial charge in [0.15, 0.2) is 0 Å². The van der Waals surface area contributed by atoms with Crippen molar-refractivity contribution in [3.05, 3.63) is 0 Å². The molecule has 0 amide bonds. The maximum atomic E-state index is 10.9. The predicted molar refractivity (Wildman–Crippen MR) is 65.4 cm³/mol. The Hall–Kier alpha value is 2.70. The Labute approximate surface area is 161 Å². The molecule has 6 nitrogen and oxygen atoms in total. The number of hydrogen-bond acceptors (Lipinski definition) is 4. The summed E-state index contributed by atoms with van der Waals surface area (Å²) in [7, 11) is -9.01. The topological polar surface area (TPSA) is 101 Å². The molecule has 0 fully saturated rings. The predicted octanol–water partition coefficient (Wildman–Crippen LogP) is -0.291. The zero-order chi connectivity index (χ0) is 11.2. The van der Waals surface area contributed by atoms with E-state index >= 15 is 0 Å². The van der Waals surface area contributed by atoms with Gasteiger partial charge in [-0.05, 0) is 6.42 Å². The minimum absolute atomic E-state index is 0. The van der Waals surface area contributed by atoms with Crippen LogP contribution in [0.1, 0.15) is 32.6 Å². The van der Waals surface area contributed by atoms with E-state index in [-0.39, 0.29) is 86.7 Å². The molecule has 0 heterocycles. The van der Waals surface area contributed by atoms with Gasteiger partial charge in [0.25, 0.3) is 10.1 Å². The summed E-state index contributed by atoms with van der Waals surface area (Å²) < 4.78 is 35.7. The van der Waals surface area contributed by atoms with Crippen molar-refractivity contribution in [2.75, 3.05) is 5.75 Å². The van der Waals surface area contributed by atoms with Gasteiger partial charge in [-0.25, -0.2) is 4.57 Å². The normalized spacial score (nSPS) is 11.4. The molecule has 2 N–H and O–H groups in total. The van der Waals surface area contributed by atoms with E-state index in [1.807, 2.05) is 6.92 Å². The van der Waals surface area contributed by atoms with Crippen molar-refractivity contribution in [2.45, 2.75) is 32.6 Å². The minimum atomic E-state index is -4.93. The maximum absolute atomic E-state index is 10.9. The van der Waals surface area contributed by atoms with Gasteiger partial charge in [0, 0.05) is 0 Å². The zero-order valence-electron chi connectivity index (χ0n) is 7.92. The molecule has 0 aromatic heterocycles. The molecule has 0 atom stereocenters. The van der Waals surface area contributed by atoms with Crippen molar-refractivity contribution in [2.24, 2.45) is 0 Å². The summed E-state index contributed by atoms with van der Waals surface area (Å²) in [5, 5.41) is 0. The first-order valence-electron chi connectivity index (χ1n) is 4.26. The molecular weight excluding hydrogens is 293 g/mol. The van der Waals surface area contributed by atoms with Crippen LogP contribution in [-0.2, 0) is 18.7 Å². The number of hydrogen-bond donors (Lipinski definition) is 2. The van der Waals surface area contributed by atoms with Crippen LogP contribution in [-0.4, -0.2) is 105 Å². The third-order valence-corrected chi connectivity index (χ3v) is 3.93. The Morgan fingerprint density at radius 1 is 1.19 bits per heavy atom. The van der Waals surface area contributed by atoms with Crippen LogP contribution in [0.15, 0.2) is 0 Å². The van der Waals surface area contributed by atoms with Crippen LogP contribution in [0.2, 0.25) is 0 Å². The van der Waals surface area contributed by atoms with Crippen LogP contribution in [0.3, 0.4) is 0 Å². The molecule has 0 aromatic carbocycles. The van der Waals surface area contributed by atoms with Gasteiger partial charge in [-0.15, -0.1) is 0 Å². The SMILES string of the molecule is CCCCCCS(=O)(=O)OP(=O)(O)O.[KH].[NaH]. The zero-order valence-corrected chi connectivity index (χ0v) is 9.63. The van der Waals surface area contributed by atoms with Gasteiger partial charge in [0.05, 0.1) is 5.75 Å². The fourth-order valence-electron chi connectivity index (χ4n) is 0.891. The Bertz CT molecular complexity index is 302. The van der Waals surface area contributed by atoms with Gasteiger partial charge in [-0.2, -0.15) is 12.4 Å². The van der Waals surface area contributed by atoms with Crippen LogP contribution in [0.25, 0.3) is 0 Å². The molecule has 90 valence electrons. The van der Waals surface area contributed by atoms with Gasteiger partial charge < -0.3 is 9.79 Å². The van der Waals surface area contributed by atoms with Crippen LogP contribution >= 0.6 is 7.82 Å². The average molecular weight is 310 g/mol. The molecule has 10 heteroatoms. The van der Waals surface area contributed by atoms with E-state index in [2.05, 4.69) is 3.97 Å². The Morgan fingerprint density at radius 3 is 2.06 bits per heavy atom. The summed E-state index contributed by atoms with van der Waals surface area (Å²) in [6, 6.07) is 0. The molecule has 0 aliphatic heterocycles. The second-order valence-electron chi connectivity index (χ2n) is 2.89. The van der Waals surface area contributed by atoms with Gasteiger partial charge >= 0.3 is 88.8 Å². The van der Waals surface area contributed by atoms with E-state index in [0.29, 0.717) is 12.8 Å². The van der Waals surface area contributed by atoms with E-state index in [1.165, 1.54) is 0 Å². The second kappa shape index (κ2) is 11.5. The molecule has 0 aliphatic rings. The molecule has 16 heavy (non-hydrogen) atoms. The number of phosphoric acid groups is 1. The molecule has 0 aromatic rings. The van der Waals surface area contributed by atoms with Crippen molar-refractivity contribution in [3.8, 4) is 0 Å². The summed E-state index contributed by atoms with van der Waals surface area (Å²) in [6.45, 7) is 1.97. The Morgan fingerprint density at radius 2 is 1.69 bits per heavy atom. The molecule has 0 unspecified atom stereocenters. The fourth-order valence-corrected chi connectivity index (χ4v) is 2.93. The molecule has 0 radical (unpaired) electrons. The molecule has 0 rings (SSSR count). The van der Waals surface area contributed by atoms with Gasteiger partial charge in [-0.3, -0.25) is 0 Å². The van der Waals surface area contributed by atoms with Crippen molar-refractivity contribution in [1.82, 2.24) is 0 Å². The average Bonchev–Trinajstić information content (AvgIpc) is 1.93. The number of unbranched alkanes of at least 4 members (excludes halogenated alkanes) is 3. The second-order valence-corrected chi connectivity index (χ2v) is 5.99. The summed E-state index contributed by atoms with van der Waals surface area (Å²) in [5.41, 5.74) is 0. The summed E-state index contributed by atoms with van der Waals surface area (Å²) in [5.74, 6) is -0.349. The van der Waals surface area contributed by atoms with E-state index < -0.39 is 17.9 Å². The Balaban J connectivity index is -0.000000845. The summed E-state index contributed by atoms with van der Waals surface area (Å²) in [6.07, 6.45) is 2.92. The molecule has 0 saturated heterocycles. The van der Waals surface area contributed by atoms with Crippen molar-refractivity contribution in [1.29, 1.82) is 0 Å². The van der Waals surface area contributed by atoms with Crippen LogP contribution in [0.5, 0.6) is 0 Å². The fraction of sp³-hybridized carbons (Fsp3) is 1.00. The van der Waals surface area contributed by atoms with Crippen molar-refractivity contribution in [3.63, 3.8) is 0 Å². The molecule has 0 saturated carbocycles. The molecule has 0 spiro atoms. The summed E-state index contributed by atoms with van der Waals surface area (Å²) in [4.78, 5) is 16.5. The standard InChI is InChI=1S/C6H15O6PS.K.Na.2H/c1-2-3-4-5-6-14(10,11)12-13(7,8)9;;;;/h2-6H2,1H3,(H2,7,8,9);;;;. The first kappa shape index (κ1) is 23.8. The van der Waals surface area contributed by atoms with Gasteiger partial charge in [0.2, 0.25) is 0 Å². The van der Waals surface area contributed by atoms with E-state index in [9.17, 15) is 13.0 Å². The molecule has 0 bridgehead atoms. The van der Waals surface area contributed by atoms with E-state index in [0.717, 1.165) is 12.8 Å². The Kier molecular flexibility index (Phi) is 17.1. The van der Waals surface area contributed by atoms with E-state index in [4.69, 9.17) is 9.79 Å². The quantitative estimate of drug-likeness (QED) is 0.381. The monoisotopic (exact) mass is 310 g/mol. The summed E-state index contributed by atoms with van der Waals surface area (Å²) >= 11 is 0. The third-order valence-electron chi connectivity index (χ3n) is 1.46. The van der Waals surface area contributed by atoms with Crippen molar-refractivity contribution >= 4 is 98.9 Å². The molecular formula is C6H17KNaO6PS. The van der Waals surface area contributed by atoms with Crippen LogP contribution < -0.4 is 0 Å². The number of rotatable bonds is 7. The van der Waals surface area contributed by atoms with Crippen molar-refractivity contribution < 1.29 is 26.7 Å². The van der Waals surface area contributed by atoms with Gasteiger partial charge in [0.1, 0.15) is 0 Å². The van der Waals surface area contributed by atoms with E-state index in [1.54, 1.807) is 0 Å². The first-order valence-corrected chi connectivity index (χ1v) is 7.37. The third kappa shape index (κ3) is 16.7. The molecule has 0 aliphatic carbocycles. The van der Waals surface area contributed by atoms with Crippen LogP contribution in [0, 0.1) is 0 Å².